The number of hydrogen-bond acceptors (Lipinski definition) is 27. The van der Waals surface area contributed by atoms with E-state index in [1.807, 2.05) is 123 Å². The molecular formula is C88H111BrCl3F3N22O15S4. The zero-order chi connectivity index (χ0) is 97.5. The van der Waals surface area contributed by atoms with Gasteiger partial charge < -0.3 is 65.2 Å². The molecule has 0 radical (unpaired) electrons. The number of rotatable bonds is 31. The van der Waals surface area contributed by atoms with E-state index in [0.717, 1.165) is 55.8 Å². The fraction of sp³-hybridized carbons (Fsp3) is 0.398. The van der Waals surface area contributed by atoms with E-state index >= 15 is 4.39 Å². The van der Waals surface area contributed by atoms with Crippen LogP contribution in [0.5, 0.6) is 0 Å². The Morgan fingerprint density at radius 2 is 0.860 bits per heavy atom. The van der Waals surface area contributed by atoms with Gasteiger partial charge in [0.25, 0.3) is 0 Å². The van der Waals surface area contributed by atoms with Gasteiger partial charge in [0, 0.05) is 105 Å². The Morgan fingerprint density at radius 1 is 0.500 bits per heavy atom. The Hall–Kier alpha value is -11.7. The van der Waals surface area contributed by atoms with Crippen molar-refractivity contribution in [2.45, 2.75) is 153 Å². The number of amides is 9. The maximum Gasteiger partial charge on any atom is 0.414 e. The topological polar surface area (TPSA) is 463 Å². The number of cyclic esters (lactones) is 3. The van der Waals surface area contributed by atoms with Crippen LogP contribution in [0.2, 0.25) is 0 Å². The molecule has 3 fully saturated rings. The highest BCUT2D eigenvalue weighted by Gasteiger charge is 2.36. The summed E-state index contributed by atoms with van der Waals surface area (Å²) < 4.78 is 76.5. The van der Waals surface area contributed by atoms with Crippen molar-refractivity contribution in [3.05, 3.63) is 192 Å². The quantitative estimate of drug-likeness (QED) is 0.00632. The molecule has 0 saturated carbocycles. The SMILES string of the molecule is CC(=O)NC[C@H]1CN(c2ccc(-c3ccc(CCl)cc3)c(F)c2)C(=O)O1.CC(=O)NC[C@H]1CN(c2ccc(-c3ccc(CN(CCSc4ncn[nH]4)C(=O)OC(C)(C)C)cc3)c(F)c2)C(=O)O1.CC(=O)NC[C@H]1CN(c2ccc(-c3ccc(CNCCSc4ncn[nH]4)cc3)c(F)c2)C(=O)O1.CC(C)(C)OC(=O)NCCBr.CC(C)(C)OC(=O)NCCSc1ncn[nH]1.Cl.Cl.S=c1nc[nH][nH]1. The summed E-state index contributed by atoms with van der Waals surface area (Å²) in [6.07, 6.45) is 1.52. The predicted octanol–water partition coefficient (Wildman–Crippen LogP) is 15.9. The van der Waals surface area contributed by atoms with E-state index in [1.54, 1.807) is 65.2 Å². The summed E-state index contributed by atoms with van der Waals surface area (Å²) in [6, 6.07) is 36.1. The average Bonchev–Trinajstić information content (AvgIpc) is 1.62. The summed E-state index contributed by atoms with van der Waals surface area (Å²) in [6.45, 7) is 25.3. The number of nitrogens with zero attached hydrogens (tertiary/aromatic N) is 11. The number of benzene rings is 6. The molecule has 736 valence electrons. The van der Waals surface area contributed by atoms with Crippen molar-refractivity contribution in [1.29, 1.82) is 0 Å². The molecular weight excluding hydrogens is 1980 g/mol. The number of alkyl halides is 2. The molecule has 11 N–H and O–H groups in total. The number of aromatic amines is 5. The second-order valence-electron chi connectivity index (χ2n) is 32.3. The van der Waals surface area contributed by atoms with Crippen LogP contribution in [0, 0.1) is 22.2 Å². The predicted molar refractivity (Wildman–Crippen MR) is 524 cm³/mol. The van der Waals surface area contributed by atoms with E-state index in [2.05, 4.69) is 121 Å². The summed E-state index contributed by atoms with van der Waals surface area (Å²) >= 11 is 18.0. The van der Waals surface area contributed by atoms with Crippen LogP contribution in [-0.2, 0) is 61.8 Å². The van der Waals surface area contributed by atoms with Crippen molar-refractivity contribution in [2.75, 3.05) is 103 Å². The van der Waals surface area contributed by atoms with Crippen molar-refractivity contribution < 1.29 is 84.7 Å². The maximum atomic E-state index is 15.2. The Kier molecular flexibility index (Phi) is 47.1. The summed E-state index contributed by atoms with van der Waals surface area (Å²) in [7, 11) is 0. The molecule has 4 aromatic heterocycles. The third-order valence-electron chi connectivity index (χ3n) is 17.9. The van der Waals surface area contributed by atoms with Gasteiger partial charge in [-0.05, 0) is 163 Å². The molecule has 136 heavy (non-hydrogen) atoms. The number of aromatic nitrogens is 12. The number of carbonyl (C=O) groups excluding carboxylic acids is 9. The van der Waals surface area contributed by atoms with Crippen LogP contribution in [-0.4, -0.2) is 243 Å². The summed E-state index contributed by atoms with van der Waals surface area (Å²) in [4.78, 5) is 126. The van der Waals surface area contributed by atoms with Crippen LogP contribution in [0.25, 0.3) is 33.4 Å². The second-order valence-corrected chi connectivity index (χ2v) is 36.9. The van der Waals surface area contributed by atoms with E-state index in [1.165, 1.54) is 103 Å². The number of H-pyrrole nitrogens is 5. The summed E-state index contributed by atoms with van der Waals surface area (Å²) in [5.41, 5.74) is 6.00. The first-order valence-corrected chi connectivity index (χ1v) is 46.9. The van der Waals surface area contributed by atoms with Gasteiger partial charge in [0.15, 0.2) is 15.5 Å². The smallest absolute Gasteiger partial charge is 0.414 e. The lowest BCUT2D eigenvalue weighted by Crippen LogP contribution is -2.37. The molecule has 3 atom stereocenters. The van der Waals surface area contributed by atoms with Crippen LogP contribution < -0.4 is 46.6 Å². The third kappa shape index (κ3) is 40.7. The largest absolute Gasteiger partial charge is 0.444 e. The van der Waals surface area contributed by atoms with E-state index in [9.17, 15) is 51.9 Å². The van der Waals surface area contributed by atoms with Crippen molar-refractivity contribution >= 4 is 171 Å². The number of hydrogen-bond donors (Lipinski definition) is 11. The van der Waals surface area contributed by atoms with Crippen LogP contribution >= 0.6 is 99.8 Å². The van der Waals surface area contributed by atoms with E-state index in [4.69, 9.17) is 40.0 Å². The molecule has 3 saturated heterocycles. The van der Waals surface area contributed by atoms with E-state index in [-0.39, 0.29) is 87.9 Å². The van der Waals surface area contributed by atoms with Gasteiger partial charge in [-0.1, -0.05) is 124 Å². The average molecular weight is 2090 g/mol. The second kappa shape index (κ2) is 56.7. The van der Waals surface area contributed by atoms with Crippen LogP contribution in [0.3, 0.4) is 0 Å². The van der Waals surface area contributed by atoms with Crippen molar-refractivity contribution in [1.82, 2.24) is 97.5 Å². The Balaban J connectivity index is 0.000000270. The number of anilines is 3. The number of thioether (sulfide) groups is 3. The number of nitrogens with one attached hydrogen (secondary N) is 11. The Bertz CT molecular complexity index is 5470. The first-order chi connectivity index (χ1) is 63.8. The minimum absolute atomic E-state index is 0. The molecule has 0 spiro atoms. The molecule has 9 amide bonds. The third-order valence-corrected chi connectivity index (χ3v) is 21.5. The summed E-state index contributed by atoms with van der Waals surface area (Å²) in [5, 5.41) is 44.2. The maximum absolute atomic E-state index is 15.2. The van der Waals surface area contributed by atoms with Gasteiger partial charge in [0.1, 0.15) is 77.9 Å². The van der Waals surface area contributed by atoms with Crippen LogP contribution in [0.1, 0.15) is 99.8 Å². The molecule has 10 aromatic rings. The number of alkyl carbamates (subject to hydrolysis) is 2. The van der Waals surface area contributed by atoms with Gasteiger partial charge in [0.2, 0.25) is 22.5 Å². The van der Waals surface area contributed by atoms with E-state index in [0.29, 0.717) is 99.4 Å². The van der Waals surface area contributed by atoms with Gasteiger partial charge in [-0.3, -0.25) is 54.6 Å². The monoisotopic (exact) mass is 2080 g/mol. The molecule has 6 aromatic carbocycles. The lowest BCUT2D eigenvalue weighted by molar-refractivity contribution is -0.120. The molecule has 0 unspecified atom stereocenters. The number of carbonyl (C=O) groups is 9. The highest BCUT2D eigenvalue weighted by atomic mass is 79.9. The molecule has 3 aliphatic rings. The zero-order valence-electron chi connectivity index (χ0n) is 76.6. The fourth-order valence-electron chi connectivity index (χ4n) is 11.9. The highest BCUT2D eigenvalue weighted by Crippen LogP contribution is 2.34. The van der Waals surface area contributed by atoms with Crippen molar-refractivity contribution in [3.63, 3.8) is 0 Å². The first-order valence-electron chi connectivity index (χ1n) is 41.9. The van der Waals surface area contributed by atoms with Crippen LogP contribution in [0.15, 0.2) is 168 Å². The molecule has 7 heterocycles. The lowest BCUT2D eigenvalue weighted by Gasteiger charge is -2.27. The van der Waals surface area contributed by atoms with Crippen molar-refractivity contribution in [3.8, 4) is 33.4 Å². The number of ether oxygens (including phenoxy) is 6. The molecule has 13 rings (SSSR count). The molecule has 48 heteroatoms. The molecule has 0 aliphatic carbocycles. The molecule has 37 nitrogen and oxygen atoms in total. The van der Waals surface area contributed by atoms with Crippen LogP contribution in [0.4, 0.5) is 59.0 Å². The first kappa shape index (κ1) is 113. The van der Waals surface area contributed by atoms with E-state index < -0.39 is 83.0 Å². The Labute approximate surface area is 828 Å². The van der Waals surface area contributed by atoms with Crippen molar-refractivity contribution in [2.24, 2.45) is 0 Å². The van der Waals surface area contributed by atoms with Gasteiger partial charge in [-0.25, -0.2) is 61.9 Å². The highest BCUT2D eigenvalue weighted by molar-refractivity contribution is 9.09. The number of halogens is 7. The lowest BCUT2D eigenvalue weighted by atomic mass is 10.0. The zero-order valence-corrected chi connectivity index (χ0v) is 83.8. The Morgan fingerprint density at radius 3 is 1.18 bits per heavy atom. The minimum Gasteiger partial charge on any atom is -0.444 e. The van der Waals surface area contributed by atoms with Gasteiger partial charge in [-0.15, -0.1) is 36.4 Å². The molecule has 0 bridgehead atoms. The van der Waals surface area contributed by atoms with Gasteiger partial charge in [-0.2, -0.15) is 15.3 Å². The summed E-state index contributed by atoms with van der Waals surface area (Å²) in [5.74, 6) is 0.598. The van der Waals surface area contributed by atoms with Gasteiger partial charge in [0.05, 0.1) is 56.3 Å². The van der Waals surface area contributed by atoms with Gasteiger partial charge >= 0.3 is 36.6 Å². The minimum atomic E-state index is -0.640. The standard InChI is InChI=1S/C28H33FN6O5S.C23H25FN6O3S.C19H18ClFN2O3.C9H16N4O2S.C7H14BrNO2.C2H3N3S.2ClH/c1-18(36)30-14-22-16-35(27(38)39-22)21-9-10-23(24(29)13-21)20-7-5-19(6-8-20)15-34(26(37)40-28(2,3)4)11-12-41-25-31-17-32-33-25;1-15(31)26-12-19-13-30(23(32)33-19)18-6-7-20(21(24)10-18)17-4-2-16(3-5-17)11-25-8-9-34-22-27-14-28-29-22;1-12(24)22-10-16-11-23(19(25)26-16)15-6-7-17(18(21)8-15)14-4-2-13(9-20)3-5-14;1-9(2,3)15-8(14)10-4-5-16-7-11-6-12-13-7;1-7(2,3)11-6(10)9-5-4-8;6-2-3-1-4-5-2;;/h5-10,13,17,22H,11-12,14-16H2,1-4H3,(H,30,36)(H,31,32,33);2-7,10,14,19,25H,8-9,11-13H2,1H3,(H,26,31)(H,27,28,29);2-8,16H,9-11H2,1H3,(H,22,24);6H,4-5H2,1-3H3,(H,10,14)(H,11,12,13);4-5H2,1-3H3,(H,9,10);1H,(H2,3,4,5,6);2*1H/t22-;19-;16-;;;;;/m000...../s1. The fourth-order valence-corrected chi connectivity index (χ4v) is 14.5. The normalized spacial score (nSPS) is 14.1. The molecule has 3 aliphatic heterocycles.